The Labute approximate surface area is 91.1 Å². The maximum absolute atomic E-state index is 9.21. The smallest absolute Gasteiger partial charge is 0.140 e. The molecule has 1 heterocycles. The third-order valence-corrected chi connectivity index (χ3v) is 2.84. The summed E-state index contributed by atoms with van der Waals surface area (Å²) >= 11 is 0. The van der Waals surface area contributed by atoms with Crippen LogP contribution in [0.5, 0.6) is 0 Å². The van der Waals surface area contributed by atoms with Gasteiger partial charge in [-0.1, -0.05) is 13.8 Å². The summed E-state index contributed by atoms with van der Waals surface area (Å²) in [5.41, 5.74) is 0.971. The second-order valence-electron chi connectivity index (χ2n) is 3.54. The number of hydrogen-bond donors (Lipinski definition) is 0. The van der Waals surface area contributed by atoms with Gasteiger partial charge in [0.25, 0.3) is 0 Å². The molecule has 0 aliphatic carbocycles. The summed E-state index contributed by atoms with van der Waals surface area (Å²) in [6.07, 6.45) is 1.79. The van der Waals surface area contributed by atoms with E-state index in [1.165, 1.54) is 0 Å². The number of hydrogen-bond acceptors (Lipinski definition) is 3. The van der Waals surface area contributed by atoms with Gasteiger partial charge in [-0.3, -0.25) is 4.90 Å². The Balaban J connectivity index is 3.03. The molecule has 0 aliphatic rings. The van der Waals surface area contributed by atoms with E-state index < -0.39 is 0 Å². The summed E-state index contributed by atoms with van der Waals surface area (Å²) in [6.45, 7) is 7.83. The van der Waals surface area contributed by atoms with Crippen molar-refractivity contribution in [2.24, 2.45) is 7.05 Å². The normalized spacial score (nSPS) is 12.8. The molecule has 1 rings (SSSR count). The fraction of sp³-hybridized carbons (Fsp3) is 0.636. The summed E-state index contributed by atoms with van der Waals surface area (Å²) in [4.78, 5) is 6.34. The zero-order chi connectivity index (χ0) is 11.4. The molecule has 0 saturated carbocycles. The van der Waals surface area contributed by atoms with Crippen molar-refractivity contribution in [3.8, 4) is 6.07 Å². The van der Waals surface area contributed by atoms with Gasteiger partial charge in [-0.05, 0) is 20.0 Å². The number of rotatable bonds is 4. The van der Waals surface area contributed by atoms with E-state index in [9.17, 15) is 5.26 Å². The van der Waals surface area contributed by atoms with Crippen LogP contribution >= 0.6 is 0 Å². The zero-order valence-electron chi connectivity index (χ0n) is 9.86. The predicted octanol–water partition coefficient (Wildman–Crippen LogP) is 1.64. The lowest BCUT2D eigenvalue weighted by atomic mass is 10.2. The fourth-order valence-corrected chi connectivity index (χ4v) is 1.70. The highest BCUT2D eigenvalue weighted by atomic mass is 15.2. The lowest BCUT2D eigenvalue weighted by Gasteiger charge is -2.24. The molecule has 0 saturated heterocycles. The van der Waals surface area contributed by atoms with Crippen molar-refractivity contribution in [2.75, 3.05) is 13.1 Å². The third kappa shape index (κ3) is 2.18. The van der Waals surface area contributed by atoms with Crippen LogP contribution < -0.4 is 0 Å². The van der Waals surface area contributed by atoms with Gasteiger partial charge < -0.3 is 4.57 Å². The van der Waals surface area contributed by atoms with Gasteiger partial charge in [-0.2, -0.15) is 5.26 Å². The molecular formula is C11H18N4. The van der Waals surface area contributed by atoms with Crippen LogP contribution in [0.2, 0.25) is 0 Å². The Morgan fingerprint density at radius 1 is 1.53 bits per heavy atom. The number of aryl methyl sites for hydroxylation is 1. The maximum atomic E-state index is 9.21. The monoisotopic (exact) mass is 206 g/mol. The van der Waals surface area contributed by atoms with Crippen molar-refractivity contribution in [2.45, 2.75) is 26.8 Å². The highest BCUT2D eigenvalue weighted by Gasteiger charge is 2.20. The number of imidazole rings is 1. The van der Waals surface area contributed by atoms with Crippen LogP contribution in [0.3, 0.4) is 0 Å². The average molecular weight is 206 g/mol. The molecule has 0 N–H and O–H groups in total. The molecular weight excluding hydrogens is 188 g/mol. The van der Waals surface area contributed by atoms with Crippen LogP contribution in [0.4, 0.5) is 0 Å². The molecule has 0 aliphatic heterocycles. The Kier molecular flexibility index (Phi) is 3.87. The molecule has 4 nitrogen and oxygen atoms in total. The first-order valence-corrected chi connectivity index (χ1v) is 5.27. The van der Waals surface area contributed by atoms with E-state index >= 15 is 0 Å². The molecule has 15 heavy (non-hydrogen) atoms. The van der Waals surface area contributed by atoms with E-state index in [1.54, 1.807) is 6.20 Å². The molecule has 4 heteroatoms. The van der Waals surface area contributed by atoms with Crippen molar-refractivity contribution in [3.05, 3.63) is 17.7 Å². The Hall–Kier alpha value is -1.34. The second-order valence-corrected chi connectivity index (χ2v) is 3.54. The summed E-state index contributed by atoms with van der Waals surface area (Å²) in [5, 5.41) is 9.21. The second kappa shape index (κ2) is 4.94. The van der Waals surface area contributed by atoms with Crippen LogP contribution in [0.1, 0.15) is 31.4 Å². The van der Waals surface area contributed by atoms with Crippen molar-refractivity contribution >= 4 is 0 Å². The standard InChI is InChI=1S/C11H18N4/c1-5-15(6-2)10(7-12)11-8-13-9(3)14(11)4/h8,10H,5-6H2,1-4H3. The van der Waals surface area contributed by atoms with Gasteiger partial charge in [-0.15, -0.1) is 0 Å². The largest absolute Gasteiger partial charge is 0.333 e. The third-order valence-electron chi connectivity index (χ3n) is 2.84. The molecule has 0 bridgehead atoms. The Morgan fingerprint density at radius 2 is 2.13 bits per heavy atom. The van der Waals surface area contributed by atoms with Crippen molar-refractivity contribution in [3.63, 3.8) is 0 Å². The lowest BCUT2D eigenvalue weighted by molar-refractivity contribution is 0.255. The minimum Gasteiger partial charge on any atom is -0.333 e. The van der Waals surface area contributed by atoms with E-state index in [0.717, 1.165) is 24.6 Å². The first-order valence-electron chi connectivity index (χ1n) is 5.27. The van der Waals surface area contributed by atoms with E-state index in [-0.39, 0.29) is 6.04 Å². The fourth-order valence-electron chi connectivity index (χ4n) is 1.70. The number of aromatic nitrogens is 2. The van der Waals surface area contributed by atoms with Crippen LogP contribution in [-0.4, -0.2) is 27.5 Å². The van der Waals surface area contributed by atoms with Crippen LogP contribution in [0.15, 0.2) is 6.20 Å². The van der Waals surface area contributed by atoms with Gasteiger partial charge in [0.05, 0.1) is 18.0 Å². The number of nitrogens with zero attached hydrogens (tertiary/aromatic N) is 4. The number of nitriles is 1. The quantitative estimate of drug-likeness (QED) is 0.752. The maximum Gasteiger partial charge on any atom is 0.140 e. The molecule has 1 atom stereocenters. The molecule has 1 aromatic heterocycles. The van der Waals surface area contributed by atoms with Gasteiger partial charge in [0, 0.05) is 7.05 Å². The predicted molar refractivity (Wildman–Crippen MR) is 59.2 cm³/mol. The van der Waals surface area contributed by atoms with Crippen LogP contribution in [0.25, 0.3) is 0 Å². The van der Waals surface area contributed by atoms with Crippen LogP contribution in [-0.2, 0) is 7.05 Å². The van der Waals surface area contributed by atoms with Gasteiger partial charge in [0.1, 0.15) is 11.9 Å². The topological polar surface area (TPSA) is 44.9 Å². The van der Waals surface area contributed by atoms with Gasteiger partial charge in [-0.25, -0.2) is 4.98 Å². The van der Waals surface area contributed by atoms with E-state index in [1.807, 2.05) is 18.5 Å². The molecule has 0 amide bonds. The minimum atomic E-state index is -0.189. The summed E-state index contributed by atoms with van der Waals surface area (Å²) < 4.78 is 1.98. The highest BCUT2D eigenvalue weighted by molar-refractivity contribution is 5.16. The highest BCUT2D eigenvalue weighted by Crippen LogP contribution is 2.19. The Bertz CT molecular complexity index is 357. The van der Waals surface area contributed by atoms with Gasteiger partial charge >= 0.3 is 0 Å². The van der Waals surface area contributed by atoms with Crippen molar-refractivity contribution in [1.82, 2.24) is 14.5 Å². The van der Waals surface area contributed by atoms with E-state index in [2.05, 4.69) is 29.8 Å². The SMILES string of the molecule is CCN(CC)C(C#N)c1cnc(C)n1C. The Morgan fingerprint density at radius 3 is 2.47 bits per heavy atom. The average Bonchev–Trinajstić information content (AvgIpc) is 2.57. The minimum absolute atomic E-state index is 0.189. The molecule has 1 unspecified atom stereocenters. The molecule has 0 fully saturated rings. The van der Waals surface area contributed by atoms with Crippen LogP contribution in [0, 0.1) is 18.3 Å². The first-order chi connectivity index (χ1) is 7.15. The van der Waals surface area contributed by atoms with Gasteiger partial charge in [0.2, 0.25) is 0 Å². The summed E-state index contributed by atoms with van der Waals surface area (Å²) in [7, 11) is 1.95. The van der Waals surface area contributed by atoms with Crippen molar-refractivity contribution in [1.29, 1.82) is 5.26 Å². The molecule has 1 aromatic rings. The van der Waals surface area contributed by atoms with E-state index in [4.69, 9.17) is 0 Å². The lowest BCUT2D eigenvalue weighted by Crippen LogP contribution is -2.28. The zero-order valence-corrected chi connectivity index (χ0v) is 9.86. The molecule has 0 spiro atoms. The molecule has 82 valence electrons. The summed E-state index contributed by atoms with van der Waals surface area (Å²) in [5.74, 6) is 0.942. The van der Waals surface area contributed by atoms with Gasteiger partial charge in [0.15, 0.2) is 0 Å². The summed E-state index contributed by atoms with van der Waals surface area (Å²) in [6, 6.07) is 2.15. The van der Waals surface area contributed by atoms with E-state index in [0.29, 0.717) is 0 Å². The molecule has 0 aromatic carbocycles. The van der Waals surface area contributed by atoms with Crippen molar-refractivity contribution < 1.29 is 0 Å². The first kappa shape index (κ1) is 11.7. The molecule has 0 radical (unpaired) electrons.